The van der Waals surface area contributed by atoms with Crippen LogP contribution < -0.4 is 24.3 Å². The lowest BCUT2D eigenvalue weighted by molar-refractivity contribution is -0.159. The van der Waals surface area contributed by atoms with Crippen molar-refractivity contribution in [2.45, 2.75) is 13.0 Å². The van der Waals surface area contributed by atoms with Crippen LogP contribution in [0.15, 0.2) is 36.4 Å². The number of carboxylic acids is 2. The third-order valence-electron chi connectivity index (χ3n) is 3.98. The van der Waals surface area contributed by atoms with Gasteiger partial charge in [-0.1, -0.05) is 12.1 Å². The van der Waals surface area contributed by atoms with Crippen molar-refractivity contribution in [2.24, 2.45) is 0 Å². The van der Waals surface area contributed by atoms with Crippen LogP contribution in [0.1, 0.15) is 11.1 Å². The van der Waals surface area contributed by atoms with E-state index in [2.05, 4.69) is 17.4 Å². The van der Waals surface area contributed by atoms with Gasteiger partial charge in [-0.3, -0.25) is 0 Å². The van der Waals surface area contributed by atoms with Gasteiger partial charge in [0.05, 0.1) is 14.2 Å². The fraction of sp³-hybridized carbons (Fsp3) is 0.300. The van der Waals surface area contributed by atoms with Crippen molar-refractivity contribution in [3.05, 3.63) is 47.5 Å². The molecule has 156 valence electrons. The maximum atomic E-state index is 9.10. The minimum atomic E-state index is -1.82. The smallest absolute Gasteiger partial charge is 0.414 e. The van der Waals surface area contributed by atoms with Crippen molar-refractivity contribution < 1.29 is 38.7 Å². The predicted octanol–water partition coefficient (Wildman–Crippen LogP) is 1.92. The molecule has 0 amide bonds. The zero-order valence-electron chi connectivity index (χ0n) is 16.1. The summed E-state index contributed by atoms with van der Waals surface area (Å²) in [4.78, 5) is 18.2. The second-order valence-electron chi connectivity index (χ2n) is 5.92. The van der Waals surface area contributed by atoms with Crippen LogP contribution in [-0.2, 0) is 22.6 Å². The molecule has 1 aliphatic rings. The van der Waals surface area contributed by atoms with Gasteiger partial charge in [-0.25, -0.2) is 9.59 Å². The number of hydrogen-bond donors (Lipinski definition) is 3. The van der Waals surface area contributed by atoms with E-state index in [0.29, 0.717) is 11.5 Å². The highest BCUT2D eigenvalue weighted by atomic mass is 16.7. The second kappa shape index (κ2) is 10.8. The maximum absolute atomic E-state index is 9.10. The predicted molar refractivity (Wildman–Crippen MR) is 103 cm³/mol. The molecule has 1 aliphatic heterocycles. The topological polar surface area (TPSA) is 124 Å². The van der Waals surface area contributed by atoms with Crippen molar-refractivity contribution in [1.29, 1.82) is 0 Å². The van der Waals surface area contributed by atoms with Crippen LogP contribution >= 0.6 is 0 Å². The molecule has 9 nitrogen and oxygen atoms in total. The summed E-state index contributed by atoms with van der Waals surface area (Å²) in [6.07, 6.45) is 0.964. The summed E-state index contributed by atoms with van der Waals surface area (Å²) in [5.74, 6) is -0.614. The third-order valence-corrected chi connectivity index (χ3v) is 3.98. The van der Waals surface area contributed by atoms with Gasteiger partial charge in [-0.15, -0.1) is 0 Å². The van der Waals surface area contributed by atoms with E-state index in [9.17, 15) is 0 Å². The average molecular weight is 405 g/mol. The molecule has 1 heterocycles. The lowest BCUT2D eigenvalue weighted by Crippen LogP contribution is -2.16. The van der Waals surface area contributed by atoms with Gasteiger partial charge < -0.3 is 34.5 Å². The first-order valence-electron chi connectivity index (χ1n) is 8.71. The van der Waals surface area contributed by atoms with Crippen LogP contribution in [0, 0.1) is 0 Å². The van der Waals surface area contributed by atoms with E-state index in [-0.39, 0.29) is 6.79 Å². The molecule has 0 unspecified atom stereocenters. The molecule has 29 heavy (non-hydrogen) atoms. The Bertz CT molecular complexity index is 823. The Balaban J connectivity index is 0.000000438. The molecule has 0 fully saturated rings. The largest absolute Gasteiger partial charge is 0.497 e. The molecule has 0 aromatic heterocycles. The minimum absolute atomic E-state index is 0.250. The molecule has 0 radical (unpaired) electrons. The van der Waals surface area contributed by atoms with Crippen molar-refractivity contribution >= 4 is 11.9 Å². The first-order valence-corrected chi connectivity index (χ1v) is 8.71. The van der Waals surface area contributed by atoms with Crippen molar-refractivity contribution in [2.75, 3.05) is 27.6 Å². The summed E-state index contributed by atoms with van der Waals surface area (Å²) in [7, 11) is 3.31. The normalized spacial score (nSPS) is 11.2. The highest BCUT2D eigenvalue weighted by Crippen LogP contribution is 2.41. The molecule has 3 N–H and O–H groups in total. The van der Waals surface area contributed by atoms with Crippen LogP contribution in [0.5, 0.6) is 23.0 Å². The van der Waals surface area contributed by atoms with E-state index in [1.165, 1.54) is 5.56 Å². The number of methoxy groups -OCH3 is 2. The van der Waals surface area contributed by atoms with E-state index in [1.54, 1.807) is 14.2 Å². The molecular weight excluding hydrogens is 382 g/mol. The van der Waals surface area contributed by atoms with Crippen molar-refractivity contribution in [1.82, 2.24) is 5.32 Å². The van der Waals surface area contributed by atoms with Gasteiger partial charge in [-0.2, -0.15) is 0 Å². The number of ether oxygens (including phenoxy) is 4. The highest BCUT2D eigenvalue weighted by molar-refractivity contribution is 6.27. The van der Waals surface area contributed by atoms with Gasteiger partial charge in [0.2, 0.25) is 12.5 Å². The summed E-state index contributed by atoms with van der Waals surface area (Å²) in [5, 5.41) is 18.2. The summed E-state index contributed by atoms with van der Waals surface area (Å²) in [6, 6.07) is 12.1. The van der Waals surface area contributed by atoms with Gasteiger partial charge in [0.1, 0.15) is 5.75 Å². The SMILES string of the molecule is COc1ccc(CCNCc2cc(OC)c3c(c2)OCO3)cc1.O=C(O)C(=O)O. The molecule has 0 saturated carbocycles. The van der Waals surface area contributed by atoms with Gasteiger partial charge >= 0.3 is 11.9 Å². The molecule has 2 aromatic rings. The van der Waals surface area contributed by atoms with Crippen LogP contribution in [0.4, 0.5) is 0 Å². The number of rotatable bonds is 7. The number of carboxylic acid groups (broad SMARTS) is 2. The third kappa shape index (κ3) is 6.58. The van der Waals surface area contributed by atoms with Gasteiger partial charge in [-0.05, 0) is 48.4 Å². The zero-order valence-corrected chi connectivity index (χ0v) is 16.1. The number of fused-ring (bicyclic) bond motifs is 1. The van der Waals surface area contributed by atoms with Crippen molar-refractivity contribution in [3.63, 3.8) is 0 Å². The summed E-state index contributed by atoms with van der Waals surface area (Å²) in [6.45, 7) is 1.90. The fourth-order valence-corrected chi connectivity index (χ4v) is 2.54. The van der Waals surface area contributed by atoms with E-state index in [4.69, 9.17) is 38.7 Å². The Labute approximate surface area is 167 Å². The maximum Gasteiger partial charge on any atom is 0.414 e. The lowest BCUT2D eigenvalue weighted by atomic mass is 10.1. The minimum Gasteiger partial charge on any atom is -0.497 e. The fourth-order valence-electron chi connectivity index (χ4n) is 2.54. The molecule has 9 heteroatoms. The molecule has 3 rings (SSSR count). The van der Waals surface area contributed by atoms with E-state index in [0.717, 1.165) is 36.6 Å². The van der Waals surface area contributed by atoms with Crippen molar-refractivity contribution in [3.8, 4) is 23.0 Å². The Hall–Kier alpha value is -3.46. The first kappa shape index (κ1) is 21.8. The second-order valence-corrected chi connectivity index (χ2v) is 5.92. The van der Waals surface area contributed by atoms with Crippen LogP contribution in [-0.4, -0.2) is 49.7 Å². The number of aliphatic carboxylic acids is 2. The van der Waals surface area contributed by atoms with Crippen LogP contribution in [0.25, 0.3) is 0 Å². The Morgan fingerprint density at radius 3 is 2.28 bits per heavy atom. The summed E-state index contributed by atoms with van der Waals surface area (Å²) >= 11 is 0. The van der Waals surface area contributed by atoms with E-state index >= 15 is 0 Å². The molecule has 0 atom stereocenters. The molecule has 0 aliphatic carbocycles. The number of carbonyl (C=O) groups is 2. The highest BCUT2D eigenvalue weighted by Gasteiger charge is 2.19. The Kier molecular flexibility index (Phi) is 8.11. The summed E-state index contributed by atoms with van der Waals surface area (Å²) < 4.78 is 21.3. The van der Waals surface area contributed by atoms with Gasteiger partial charge in [0, 0.05) is 6.54 Å². The lowest BCUT2D eigenvalue weighted by Gasteiger charge is -2.09. The molecule has 0 spiro atoms. The number of hydrogen-bond acceptors (Lipinski definition) is 7. The number of nitrogens with one attached hydrogen (secondary N) is 1. The Morgan fingerprint density at radius 2 is 1.69 bits per heavy atom. The van der Waals surface area contributed by atoms with Crippen LogP contribution in [0.2, 0.25) is 0 Å². The average Bonchev–Trinajstić information content (AvgIpc) is 3.20. The quantitative estimate of drug-likeness (QED) is 0.468. The zero-order chi connectivity index (χ0) is 21.2. The van der Waals surface area contributed by atoms with Crippen LogP contribution in [0.3, 0.4) is 0 Å². The molecule has 2 aromatic carbocycles. The Morgan fingerprint density at radius 1 is 1.00 bits per heavy atom. The first-order chi connectivity index (χ1) is 13.9. The monoisotopic (exact) mass is 405 g/mol. The van der Waals surface area contributed by atoms with Gasteiger partial charge in [0.15, 0.2) is 11.5 Å². The number of benzene rings is 2. The summed E-state index contributed by atoms with van der Waals surface area (Å²) in [5.41, 5.74) is 2.39. The molecular formula is C20H23NO8. The standard InChI is InChI=1S/C18H21NO4.C2H2O4/c1-20-15-5-3-13(4-6-15)7-8-19-11-14-9-16(21-2)18-17(10-14)22-12-23-18;3-1(4)2(5)6/h3-6,9-10,19H,7-8,11-12H2,1-2H3;(H,3,4)(H,5,6). The molecule has 0 bridgehead atoms. The van der Waals surface area contributed by atoms with Gasteiger partial charge in [0.25, 0.3) is 0 Å². The van der Waals surface area contributed by atoms with E-state index in [1.807, 2.05) is 24.3 Å². The molecule has 0 saturated heterocycles. The van der Waals surface area contributed by atoms with E-state index < -0.39 is 11.9 Å².